The molecule has 0 spiro atoms. The molecule has 6 aromatic carbocycles. The van der Waals surface area contributed by atoms with Gasteiger partial charge in [0.1, 0.15) is 34.8 Å². The third-order valence-corrected chi connectivity index (χ3v) is 12.0. The van der Waals surface area contributed by atoms with E-state index in [-0.39, 0.29) is 3.18 Å². The molecule has 330 valence electrons. The van der Waals surface area contributed by atoms with Gasteiger partial charge in [0, 0.05) is 53.0 Å². The molecule has 0 radical (unpaired) electrons. The normalized spacial score (nSPS) is 15.1. The molecule has 4 N–H and O–H groups in total. The lowest BCUT2D eigenvalue weighted by molar-refractivity contribution is 0.414. The van der Waals surface area contributed by atoms with Gasteiger partial charge in [-0.2, -0.15) is 0 Å². The van der Waals surface area contributed by atoms with Crippen LogP contribution in [-0.4, -0.2) is 59.7 Å². The van der Waals surface area contributed by atoms with Crippen LogP contribution in [-0.2, 0) is 19.3 Å². The molecule has 13 heteroatoms. The zero-order chi connectivity index (χ0) is 45.6. The van der Waals surface area contributed by atoms with E-state index in [0.717, 1.165) is 85.0 Å². The molecular weight excluding hydrogens is 1020 g/mol. The van der Waals surface area contributed by atoms with E-state index in [1.165, 1.54) is 66.8 Å². The monoisotopic (exact) mass is 1060 g/mol. The fourth-order valence-electron chi connectivity index (χ4n) is 8.98. The number of phenolic OH excluding ortho intramolecular Hbond substituents is 1. The van der Waals surface area contributed by atoms with Gasteiger partial charge >= 0.3 is 3.18 Å². The first-order valence-electron chi connectivity index (χ1n) is 21.6. The van der Waals surface area contributed by atoms with Gasteiger partial charge in [-0.1, -0.05) is 72.8 Å². The van der Waals surface area contributed by atoms with Crippen molar-refractivity contribution < 1.29 is 14.6 Å². The quantitative estimate of drug-likeness (QED) is 0.128. The summed E-state index contributed by atoms with van der Waals surface area (Å²) in [5.74, 6) is 5.15. The highest BCUT2D eigenvalue weighted by molar-refractivity contribution is 9.69. The number of para-hydroxylation sites is 3. The van der Waals surface area contributed by atoms with Crippen molar-refractivity contribution in [3.05, 3.63) is 196 Å². The minimum absolute atomic E-state index is 0.271. The number of ether oxygens (including phenoxy) is 2. The number of anilines is 3. The van der Waals surface area contributed by atoms with Crippen molar-refractivity contribution >= 4 is 102 Å². The first-order chi connectivity index (χ1) is 32.2. The second-order valence-corrected chi connectivity index (χ2v) is 22.4. The maximum Gasteiger partial charge on any atom is 0.369 e. The lowest BCUT2D eigenvalue weighted by atomic mass is 10.1. The lowest BCUT2D eigenvalue weighted by Crippen LogP contribution is -2.13. The summed E-state index contributed by atoms with van der Waals surface area (Å²) in [6.07, 6.45) is 2.71. The number of aromatic hydroxyl groups is 1. The fourth-order valence-corrected chi connectivity index (χ4v) is 8.98. The average molecular weight is 1060 g/mol. The molecule has 0 saturated carbocycles. The predicted molar refractivity (Wildman–Crippen MR) is 286 cm³/mol. The van der Waals surface area contributed by atoms with Crippen molar-refractivity contribution in [2.45, 2.75) is 19.3 Å². The molecule has 3 aliphatic heterocycles. The van der Waals surface area contributed by atoms with E-state index in [0.29, 0.717) is 5.75 Å². The van der Waals surface area contributed by atoms with Crippen LogP contribution in [0.25, 0.3) is 16.7 Å². The SMILES string of the molecule is BrB(Br)Br.COc1ccc2c(c1)CC1=C2CN=C1Nc1ccccc1.Oc1ccc2c(c1)CC1=C2CN=C1Nc1ccccc1.[11CH3]Oc1ccc2c(c1)CC1=C2CN=C1Nc1ccccc1. The second-order valence-electron chi connectivity index (χ2n) is 16.0. The molecule has 12 rings (SSSR count). The van der Waals surface area contributed by atoms with Crippen LogP contribution in [0, 0.1) is 0 Å². The van der Waals surface area contributed by atoms with Gasteiger partial charge in [-0.05, 0) is 123 Å². The van der Waals surface area contributed by atoms with Crippen LogP contribution >= 0.6 is 47.3 Å². The Hall–Kier alpha value is -6.15. The number of fused-ring (bicyclic) bond motifs is 6. The van der Waals surface area contributed by atoms with Crippen LogP contribution in [0.4, 0.5) is 17.1 Å². The van der Waals surface area contributed by atoms with Crippen molar-refractivity contribution in [1.82, 2.24) is 0 Å². The van der Waals surface area contributed by atoms with Gasteiger partial charge in [-0.3, -0.25) is 15.0 Å². The number of benzene rings is 6. The van der Waals surface area contributed by atoms with Gasteiger partial charge < -0.3 is 30.5 Å². The average Bonchev–Trinajstić information content (AvgIpc) is 4.20. The van der Waals surface area contributed by atoms with Gasteiger partial charge in [0.25, 0.3) is 0 Å². The van der Waals surface area contributed by atoms with Crippen molar-refractivity contribution in [3.8, 4) is 17.2 Å². The van der Waals surface area contributed by atoms with Gasteiger partial charge in [-0.15, -0.1) is 47.3 Å². The molecule has 0 amide bonds. The third kappa shape index (κ3) is 10.1. The van der Waals surface area contributed by atoms with Crippen molar-refractivity contribution in [2.24, 2.45) is 15.0 Å². The topological polar surface area (TPSA) is 112 Å². The van der Waals surface area contributed by atoms with E-state index in [2.05, 4.69) is 127 Å². The number of rotatable bonds is 5. The Kier molecular flexibility index (Phi) is 14.0. The Bertz CT molecular complexity index is 2840. The number of nitrogens with zero attached hydrogens (tertiary/aromatic N) is 3. The smallest absolute Gasteiger partial charge is 0.369 e. The lowest BCUT2D eigenvalue weighted by Gasteiger charge is -2.09. The van der Waals surface area contributed by atoms with Gasteiger partial charge in [0.05, 0.1) is 33.9 Å². The number of nitrogens with one attached hydrogen (secondary N) is 3. The highest BCUT2D eigenvalue weighted by Gasteiger charge is 2.31. The van der Waals surface area contributed by atoms with Crippen LogP contribution in [0.3, 0.4) is 0 Å². The third-order valence-electron chi connectivity index (χ3n) is 12.0. The summed E-state index contributed by atoms with van der Waals surface area (Å²) in [7, 11) is 3.42. The number of hydrogen-bond acceptors (Lipinski definition) is 9. The van der Waals surface area contributed by atoms with Crippen LogP contribution < -0.4 is 25.4 Å². The first kappa shape index (κ1) is 45.0. The van der Waals surface area contributed by atoms with Crippen LogP contribution in [0.5, 0.6) is 17.2 Å². The number of methoxy groups -OCH3 is 2. The second kappa shape index (κ2) is 20.6. The molecule has 3 heterocycles. The van der Waals surface area contributed by atoms with E-state index < -0.39 is 0 Å². The Labute approximate surface area is 410 Å². The maximum atomic E-state index is 9.60. The number of halogens is 3. The van der Waals surface area contributed by atoms with Crippen LogP contribution in [0.15, 0.2) is 177 Å². The number of phenols is 1. The maximum absolute atomic E-state index is 9.60. The van der Waals surface area contributed by atoms with Gasteiger partial charge in [0.15, 0.2) is 0 Å². The predicted octanol–water partition coefficient (Wildman–Crippen LogP) is 12.4. The largest absolute Gasteiger partial charge is 0.508 e. The standard InChI is InChI=1S/2C18H16N2O.C17H14N2O.BBr3/c2*1-21-14-7-8-15-12(9-14)10-16-17(15)11-19-18(16)20-13-5-3-2-4-6-13;20-13-6-7-14-11(8-13)9-15-16(14)10-18-17(15)19-12-4-2-1-3-5-12;2-1(3)4/h2*2-9H,10-11H2,1H3,(H,19,20);1-8,20H,9-10H2,(H,18,19);/i1-1;;;. The molecular formula is C53H46BBr3N6O3. The minimum Gasteiger partial charge on any atom is -0.508 e. The molecule has 0 saturated heterocycles. The molecule has 0 atom stereocenters. The molecule has 0 fully saturated rings. The summed E-state index contributed by atoms with van der Waals surface area (Å²) in [6, 6.07) is 48.7. The van der Waals surface area contributed by atoms with Gasteiger partial charge in [-0.25, -0.2) is 0 Å². The fraction of sp³-hybridized carbons (Fsp3) is 0.151. The summed E-state index contributed by atoms with van der Waals surface area (Å²) >= 11 is 9.31. The van der Waals surface area contributed by atoms with E-state index in [4.69, 9.17) is 9.47 Å². The molecule has 66 heavy (non-hydrogen) atoms. The van der Waals surface area contributed by atoms with Crippen molar-refractivity contribution in [3.63, 3.8) is 0 Å². The van der Waals surface area contributed by atoms with E-state index in [9.17, 15) is 5.11 Å². The van der Waals surface area contributed by atoms with E-state index in [1.807, 2.05) is 91.0 Å². The Morgan fingerprint density at radius 2 is 0.758 bits per heavy atom. The highest BCUT2D eigenvalue weighted by Crippen LogP contribution is 2.41. The molecule has 0 bridgehead atoms. The Balaban J connectivity index is 0.000000120. The summed E-state index contributed by atoms with van der Waals surface area (Å²) in [5, 5.41) is 19.9. The summed E-state index contributed by atoms with van der Waals surface area (Å²) in [5.41, 5.74) is 18.8. The van der Waals surface area contributed by atoms with Crippen LogP contribution in [0.1, 0.15) is 33.4 Å². The van der Waals surface area contributed by atoms with E-state index in [1.54, 1.807) is 20.3 Å². The zero-order valence-electron chi connectivity index (χ0n) is 36.4. The van der Waals surface area contributed by atoms with Crippen LogP contribution in [0.2, 0.25) is 0 Å². The number of hydrogen-bond donors (Lipinski definition) is 4. The van der Waals surface area contributed by atoms with E-state index >= 15 is 0 Å². The molecule has 0 aromatic heterocycles. The molecule has 9 nitrogen and oxygen atoms in total. The minimum atomic E-state index is 0.271. The number of amidine groups is 3. The summed E-state index contributed by atoms with van der Waals surface area (Å²) in [6.45, 7) is 2.26. The molecule has 6 aliphatic rings. The molecule has 6 aromatic rings. The van der Waals surface area contributed by atoms with Crippen molar-refractivity contribution in [2.75, 3.05) is 49.8 Å². The summed E-state index contributed by atoms with van der Waals surface area (Å²) < 4.78 is 10.9. The van der Waals surface area contributed by atoms with Crippen molar-refractivity contribution in [1.29, 1.82) is 0 Å². The summed E-state index contributed by atoms with van der Waals surface area (Å²) in [4.78, 5) is 13.9. The first-order valence-corrected chi connectivity index (χ1v) is 24.3. The Morgan fingerprint density at radius 1 is 0.439 bits per heavy atom. The highest BCUT2D eigenvalue weighted by atomic mass is 79.9. The molecule has 3 aliphatic carbocycles. The number of aliphatic imine (C=N–C) groups is 3. The Morgan fingerprint density at radius 3 is 1.09 bits per heavy atom. The zero-order valence-corrected chi connectivity index (χ0v) is 41.2. The van der Waals surface area contributed by atoms with Gasteiger partial charge in [0.2, 0.25) is 0 Å². The molecule has 0 unspecified atom stereocenters.